The minimum atomic E-state index is 0.00148. The second-order valence-corrected chi connectivity index (χ2v) is 8.40. The fourth-order valence-electron chi connectivity index (χ4n) is 3.93. The van der Waals surface area contributed by atoms with Gasteiger partial charge in [-0.1, -0.05) is 13.8 Å². The summed E-state index contributed by atoms with van der Waals surface area (Å²) in [6.07, 6.45) is 10.9. The molecule has 1 saturated heterocycles. The monoisotopic (exact) mass is 419 g/mol. The summed E-state index contributed by atoms with van der Waals surface area (Å²) in [5.41, 5.74) is 4.23. The molecule has 4 heterocycles. The molecule has 0 bridgehead atoms. The number of aromatic nitrogens is 5. The molecule has 8 heteroatoms. The van der Waals surface area contributed by atoms with E-state index in [4.69, 9.17) is 4.98 Å². The van der Waals surface area contributed by atoms with Crippen molar-refractivity contribution in [1.29, 1.82) is 0 Å². The second kappa shape index (κ2) is 9.24. The van der Waals surface area contributed by atoms with Crippen LogP contribution in [0.3, 0.4) is 0 Å². The molecule has 162 valence electrons. The Kier molecular flexibility index (Phi) is 6.25. The number of piperidine rings is 1. The molecular weight excluding hydrogens is 390 g/mol. The number of hydrogen-bond acceptors (Lipinski definition) is 6. The lowest BCUT2D eigenvalue weighted by Gasteiger charge is -2.32. The summed E-state index contributed by atoms with van der Waals surface area (Å²) in [5, 5.41) is 7.32. The van der Waals surface area contributed by atoms with E-state index in [-0.39, 0.29) is 24.4 Å². The van der Waals surface area contributed by atoms with E-state index >= 15 is 0 Å². The molecule has 1 amide bonds. The van der Waals surface area contributed by atoms with Crippen molar-refractivity contribution in [3.05, 3.63) is 54.4 Å². The van der Waals surface area contributed by atoms with Crippen LogP contribution in [0.1, 0.15) is 43.9 Å². The summed E-state index contributed by atoms with van der Waals surface area (Å²) in [4.78, 5) is 28.2. The van der Waals surface area contributed by atoms with Crippen molar-refractivity contribution in [3.63, 3.8) is 0 Å². The van der Waals surface area contributed by atoms with Crippen molar-refractivity contribution in [2.24, 2.45) is 0 Å². The molecule has 0 unspecified atom stereocenters. The number of nitrogens with zero attached hydrogens (tertiary/aromatic N) is 6. The fraction of sp³-hybridized carbons (Fsp3) is 0.435. The maximum absolute atomic E-state index is 12.3. The van der Waals surface area contributed by atoms with Crippen LogP contribution in [0.5, 0.6) is 0 Å². The third-order valence-electron chi connectivity index (χ3n) is 5.55. The lowest BCUT2D eigenvalue weighted by Crippen LogP contribution is -2.46. The molecule has 4 rings (SSSR count). The Hall–Kier alpha value is -3.29. The van der Waals surface area contributed by atoms with Gasteiger partial charge < -0.3 is 10.2 Å². The van der Waals surface area contributed by atoms with Crippen LogP contribution in [0.25, 0.3) is 11.1 Å². The van der Waals surface area contributed by atoms with Gasteiger partial charge in [0, 0.05) is 49.5 Å². The van der Waals surface area contributed by atoms with Gasteiger partial charge in [0.1, 0.15) is 6.54 Å². The first-order valence-corrected chi connectivity index (χ1v) is 10.8. The lowest BCUT2D eigenvalue weighted by atomic mass is 10.00. The van der Waals surface area contributed by atoms with Gasteiger partial charge in [-0.3, -0.25) is 14.5 Å². The predicted octanol–water partition coefficient (Wildman–Crippen LogP) is 2.95. The van der Waals surface area contributed by atoms with Crippen molar-refractivity contribution in [1.82, 2.24) is 30.0 Å². The van der Waals surface area contributed by atoms with E-state index in [2.05, 4.69) is 39.1 Å². The van der Waals surface area contributed by atoms with Crippen molar-refractivity contribution in [3.8, 4) is 11.1 Å². The smallest absolute Gasteiger partial charge is 0.241 e. The highest BCUT2D eigenvalue weighted by Crippen LogP contribution is 2.29. The van der Waals surface area contributed by atoms with Gasteiger partial charge in [-0.25, -0.2) is 9.97 Å². The van der Waals surface area contributed by atoms with E-state index < -0.39 is 0 Å². The number of carbonyl (C=O) groups excluding carboxylic acids is 1. The Morgan fingerprint density at radius 2 is 1.94 bits per heavy atom. The maximum Gasteiger partial charge on any atom is 0.241 e. The molecular formula is C23H29N7O. The number of anilines is 1. The Labute approximate surface area is 182 Å². The number of carbonyl (C=O) groups is 1. The standard InChI is InChI=1S/C23H29N7O/c1-16(2)22-20(18-4-8-24-9-5-18)13-25-23(28-22)29-10-6-19(7-11-29)27-21(31)15-30-14-17(3)12-26-30/h4-5,8-9,12-14,16,19H,6-7,10-11,15H2,1-3H3,(H,27,31). The SMILES string of the molecule is Cc1cnn(CC(=O)NC2CCN(c3ncc(-c4ccncc4)c(C(C)C)n3)CC2)c1. The van der Waals surface area contributed by atoms with Crippen LogP contribution < -0.4 is 10.2 Å². The fourth-order valence-corrected chi connectivity index (χ4v) is 3.93. The van der Waals surface area contributed by atoms with Gasteiger partial charge in [0.2, 0.25) is 11.9 Å². The summed E-state index contributed by atoms with van der Waals surface area (Å²) in [6.45, 7) is 8.16. The van der Waals surface area contributed by atoms with Crippen LogP contribution in [-0.4, -0.2) is 49.8 Å². The van der Waals surface area contributed by atoms with Crippen molar-refractivity contribution >= 4 is 11.9 Å². The van der Waals surface area contributed by atoms with Crippen LogP contribution in [-0.2, 0) is 11.3 Å². The summed E-state index contributed by atoms with van der Waals surface area (Å²) in [6, 6.07) is 4.15. The van der Waals surface area contributed by atoms with E-state index in [0.29, 0.717) is 0 Å². The molecule has 1 fully saturated rings. The number of amides is 1. The number of hydrogen-bond donors (Lipinski definition) is 1. The molecule has 31 heavy (non-hydrogen) atoms. The zero-order valence-electron chi connectivity index (χ0n) is 18.3. The van der Waals surface area contributed by atoms with Gasteiger partial charge in [0.15, 0.2) is 0 Å². The number of rotatable bonds is 6. The molecule has 1 aliphatic rings. The Balaban J connectivity index is 1.38. The molecule has 1 N–H and O–H groups in total. The molecule has 0 aromatic carbocycles. The van der Waals surface area contributed by atoms with Crippen LogP contribution in [0.15, 0.2) is 43.1 Å². The third kappa shape index (κ3) is 5.07. The molecule has 1 aliphatic heterocycles. The normalized spacial score (nSPS) is 14.8. The van der Waals surface area contributed by atoms with Crippen molar-refractivity contribution < 1.29 is 4.79 Å². The molecule has 0 atom stereocenters. The molecule has 0 spiro atoms. The first-order chi connectivity index (χ1) is 15.0. The van der Waals surface area contributed by atoms with Crippen LogP contribution in [0.4, 0.5) is 5.95 Å². The summed E-state index contributed by atoms with van der Waals surface area (Å²) in [7, 11) is 0. The maximum atomic E-state index is 12.3. The zero-order chi connectivity index (χ0) is 21.8. The molecule has 0 aliphatic carbocycles. The van der Waals surface area contributed by atoms with Crippen LogP contribution in [0.2, 0.25) is 0 Å². The van der Waals surface area contributed by atoms with Gasteiger partial charge in [-0.05, 0) is 48.9 Å². The summed E-state index contributed by atoms with van der Waals surface area (Å²) >= 11 is 0. The van der Waals surface area contributed by atoms with Gasteiger partial charge in [-0.15, -0.1) is 0 Å². The minimum absolute atomic E-state index is 0.00148. The number of pyridine rings is 1. The first-order valence-electron chi connectivity index (χ1n) is 10.8. The van der Waals surface area contributed by atoms with Crippen molar-refractivity contribution in [2.75, 3.05) is 18.0 Å². The van der Waals surface area contributed by atoms with E-state index in [1.54, 1.807) is 23.3 Å². The van der Waals surface area contributed by atoms with Crippen LogP contribution in [0, 0.1) is 6.92 Å². The predicted molar refractivity (Wildman–Crippen MR) is 120 cm³/mol. The van der Waals surface area contributed by atoms with E-state index in [1.807, 2.05) is 31.5 Å². The third-order valence-corrected chi connectivity index (χ3v) is 5.55. The zero-order valence-corrected chi connectivity index (χ0v) is 18.3. The van der Waals surface area contributed by atoms with Gasteiger partial charge >= 0.3 is 0 Å². The second-order valence-electron chi connectivity index (χ2n) is 8.40. The highest BCUT2D eigenvalue weighted by atomic mass is 16.2. The van der Waals surface area contributed by atoms with E-state index in [1.165, 1.54) is 0 Å². The quantitative estimate of drug-likeness (QED) is 0.661. The Morgan fingerprint density at radius 3 is 2.58 bits per heavy atom. The van der Waals surface area contributed by atoms with E-state index in [9.17, 15) is 4.79 Å². The van der Waals surface area contributed by atoms with E-state index in [0.717, 1.165) is 54.3 Å². The number of nitrogens with one attached hydrogen (secondary N) is 1. The van der Waals surface area contributed by atoms with Crippen LogP contribution >= 0.6 is 0 Å². The Morgan fingerprint density at radius 1 is 1.19 bits per heavy atom. The first kappa shape index (κ1) is 21.0. The van der Waals surface area contributed by atoms with Gasteiger partial charge in [0.05, 0.1) is 11.9 Å². The highest BCUT2D eigenvalue weighted by molar-refractivity contribution is 5.76. The highest BCUT2D eigenvalue weighted by Gasteiger charge is 2.23. The topological polar surface area (TPSA) is 88.8 Å². The average Bonchev–Trinajstić information content (AvgIpc) is 3.18. The molecule has 0 saturated carbocycles. The Bertz CT molecular complexity index is 1020. The molecule has 0 radical (unpaired) electrons. The molecule has 8 nitrogen and oxygen atoms in total. The summed E-state index contributed by atoms with van der Waals surface area (Å²) in [5.74, 6) is 1.05. The lowest BCUT2D eigenvalue weighted by molar-refractivity contribution is -0.122. The average molecular weight is 420 g/mol. The molecule has 3 aromatic rings. The number of aryl methyl sites for hydroxylation is 1. The minimum Gasteiger partial charge on any atom is -0.352 e. The van der Waals surface area contributed by atoms with Gasteiger partial charge in [-0.2, -0.15) is 5.10 Å². The largest absolute Gasteiger partial charge is 0.352 e. The van der Waals surface area contributed by atoms with Gasteiger partial charge in [0.25, 0.3) is 0 Å². The molecule has 3 aromatic heterocycles. The summed E-state index contributed by atoms with van der Waals surface area (Å²) < 4.78 is 1.67. The van der Waals surface area contributed by atoms with Crippen molar-refractivity contribution in [2.45, 2.75) is 52.1 Å².